The Morgan fingerprint density at radius 3 is 1.67 bits per heavy atom. The Labute approximate surface area is 113 Å². The summed E-state index contributed by atoms with van der Waals surface area (Å²) in [4.78, 5) is 11.1. The van der Waals surface area contributed by atoms with E-state index in [9.17, 15) is 4.79 Å². The van der Waals surface area contributed by atoms with Crippen LogP contribution in [0.3, 0.4) is 0 Å². The van der Waals surface area contributed by atoms with E-state index in [2.05, 4.69) is 13.8 Å². The maximum Gasteiger partial charge on any atom is 0.306 e. The van der Waals surface area contributed by atoms with Crippen LogP contribution in [0.2, 0.25) is 0 Å². The highest BCUT2D eigenvalue weighted by Gasteiger charge is 2.15. The van der Waals surface area contributed by atoms with Gasteiger partial charge in [-0.2, -0.15) is 0 Å². The third-order valence-corrected chi connectivity index (χ3v) is 3.66. The van der Waals surface area contributed by atoms with Crippen molar-refractivity contribution in [2.45, 2.75) is 90.9 Å². The van der Waals surface area contributed by atoms with Crippen LogP contribution in [0.25, 0.3) is 0 Å². The minimum absolute atomic E-state index is 0.0906. The first-order valence-electron chi connectivity index (χ1n) is 7.95. The summed E-state index contributed by atoms with van der Waals surface area (Å²) in [5, 5.41) is 9.15. The van der Waals surface area contributed by atoms with Gasteiger partial charge in [-0.3, -0.25) is 4.79 Å². The lowest BCUT2D eigenvalue weighted by molar-refractivity contribution is -0.142. The molecule has 0 aromatic rings. The van der Waals surface area contributed by atoms with Crippen molar-refractivity contribution in [2.75, 3.05) is 0 Å². The second kappa shape index (κ2) is 12.9. The Hall–Kier alpha value is -0.530. The summed E-state index contributed by atoms with van der Waals surface area (Å²) in [5.41, 5.74) is 0. The fourth-order valence-electron chi connectivity index (χ4n) is 2.38. The highest BCUT2D eigenvalue weighted by Crippen LogP contribution is 2.18. The van der Waals surface area contributed by atoms with Crippen molar-refractivity contribution < 1.29 is 9.90 Å². The van der Waals surface area contributed by atoms with Crippen molar-refractivity contribution in [1.29, 1.82) is 0 Å². The van der Waals surface area contributed by atoms with Gasteiger partial charge >= 0.3 is 5.97 Å². The minimum Gasteiger partial charge on any atom is -0.481 e. The molecule has 0 heterocycles. The number of rotatable bonds is 13. The predicted molar refractivity (Wildman–Crippen MR) is 77.9 cm³/mol. The van der Waals surface area contributed by atoms with E-state index in [1.807, 2.05) is 0 Å². The van der Waals surface area contributed by atoms with Gasteiger partial charge in [-0.15, -0.1) is 0 Å². The molecule has 1 N–H and O–H groups in total. The predicted octanol–water partition coefficient (Wildman–Crippen LogP) is 5.41. The smallest absolute Gasteiger partial charge is 0.306 e. The van der Waals surface area contributed by atoms with Gasteiger partial charge in [0.1, 0.15) is 0 Å². The molecule has 0 radical (unpaired) electrons. The minimum atomic E-state index is -0.586. The van der Waals surface area contributed by atoms with E-state index in [0.717, 1.165) is 25.7 Å². The third kappa shape index (κ3) is 10.6. The number of carboxylic acid groups (broad SMARTS) is 1. The summed E-state index contributed by atoms with van der Waals surface area (Å²) >= 11 is 0. The molecule has 0 saturated heterocycles. The maximum atomic E-state index is 11.1. The zero-order chi connectivity index (χ0) is 13.6. The first-order valence-corrected chi connectivity index (χ1v) is 7.95. The highest BCUT2D eigenvalue weighted by molar-refractivity contribution is 5.69. The molecule has 2 heteroatoms. The van der Waals surface area contributed by atoms with Crippen molar-refractivity contribution in [3.05, 3.63) is 0 Å². The van der Waals surface area contributed by atoms with Crippen LogP contribution in [0.1, 0.15) is 90.9 Å². The Kier molecular flexibility index (Phi) is 12.5. The van der Waals surface area contributed by atoms with Crippen LogP contribution < -0.4 is 0 Å². The van der Waals surface area contributed by atoms with E-state index in [4.69, 9.17) is 5.11 Å². The van der Waals surface area contributed by atoms with E-state index in [-0.39, 0.29) is 5.92 Å². The molecule has 0 aromatic heterocycles. The SMILES string of the molecule is CCCCCCCCCC(CCCCC)C(=O)O. The topological polar surface area (TPSA) is 37.3 Å². The molecule has 2 nitrogen and oxygen atoms in total. The normalized spacial score (nSPS) is 12.6. The first-order chi connectivity index (χ1) is 8.72. The monoisotopic (exact) mass is 256 g/mol. The van der Waals surface area contributed by atoms with E-state index >= 15 is 0 Å². The molecule has 18 heavy (non-hydrogen) atoms. The van der Waals surface area contributed by atoms with Gasteiger partial charge in [-0.05, 0) is 12.8 Å². The van der Waals surface area contributed by atoms with Crippen molar-refractivity contribution in [3.63, 3.8) is 0 Å². The van der Waals surface area contributed by atoms with E-state index < -0.39 is 5.97 Å². The standard InChI is InChI=1S/C16H32O2/c1-3-5-7-8-9-10-12-14-15(16(17)18)13-11-6-4-2/h15H,3-14H2,1-2H3,(H,17,18). The summed E-state index contributed by atoms with van der Waals surface area (Å²) in [5.74, 6) is -0.677. The lowest BCUT2D eigenvalue weighted by atomic mass is 9.95. The fraction of sp³-hybridized carbons (Fsp3) is 0.938. The molecule has 1 unspecified atom stereocenters. The average Bonchev–Trinajstić information content (AvgIpc) is 2.35. The summed E-state index contributed by atoms with van der Waals surface area (Å²) in [6.07, 6.45) is 14.0. The zero-order valence-electron chi connectivity index (χ0n) is 12.4. The summed E-state index contributed by atoms with van der Waals surface area (Å²) < 4.78 is 0. The van der Waals surface area contributed by atoms with Gasteiger partial charge in [0.2, 0.25) is 0 Å². The summed E-state index contributed by atoms with van der Waals surface area (Å²) in [7, 11) is 0. The van der Waals surface area contributed by atoms with Crippen LogP contribution in [0.5, 0.6) is 0 Å². The van der Waals surface area contributed by atoms with Gasteiger partial charge in [-0.1, -0.05) is 78.1 Å². The second-order valence-corrected chi connectivity index (χ2v) is 5.44. The van der Waals surface area contributed by atoms with Crippen molar-refractivity contribution >= 4 is 5.97 Å². The van der Waals surface area contributed by atoms with Gasteiger partial charge < -0.3 is 5.11 Å². The zero-order valence-corrected chi connectivity index (χ0v) is 12.4. The molecule has 1 atom stereocenters. The van der Waals surface area contributed by atoms with E-state index in [1.54, 1.807) is 0 Å². The second-order valence-electron chi connectivity index (χ2n) is 5.44. The molecular formula is C16H32O2. The van der Waals surface area contributed by atoms with Crippen LogP contribution in [-0.4, -0.2) is 11.1 Å². The molecule has 0 aliphatic carbocycles. The number of aliphatic carboxylic acids is 1. The maximum absolute atomic E-state index is 11.1. The first kappa shape index (κ1) is 17.5. The lowest BCUT2D eigenvalue weighted by Crippen LogP contribution is -2.13. The molecule has 0 saturated carbocycles. The largest absolute Gasteiger partial charge is 0.481 e. The molecule has 0 spiro atoms. The molecule has 0 aliphatic rings. The van der Waals surface area contributed by atoms with Crippen molar-refractivity contribution in [3.8, 4) is 0 Å². The van der Waals surface area contributed by atoms with Crippen molar-refractivity contribution in [1.82, 2.24) is 0 Å². The molecule has 0 bridgehead atoms. The third-order valence-electron chi connectivity index (χ3n) is 3.66. The number of unbranched alkanes of at least 4 members (excludes halogenated alkanes) is 8. The molecule has 0 aromatic carbocycles. The van der Waals surface area contributed by atoms with Gasteiger partial charge in [0.15, 0.2) is 0 Å². The van der Waals surface area contributed by atoms with Crippen molar-refractivity contribution in [2.24, 2.45) is 5.92 Å². The molecule has 0 rings (SSSR count). The average molecular weight is 256 g/mol. The Morgan fingerprint density at radius 1 is 0.778 bits per heavy atom. The Morgan fingerprint density at radius 2 is 1.17 bits per heavy atom. The van der Waals surface area contributed by atoms with E-state index in [1.165, 1.54) is 51.4 Å². The van der Waals surface area contributed by atoms with Crippen LogP contribution in [0, 0.1) is 5.92 Å². The van der Waals surface area contributed by atoms with Gasteiger partial charge in [0.05, 0.1) is 5.92 Å². The van der Waals surface area contributed by atoms with Gasteiger partial charge in [0, 0.05) is 0 Å². The van der Waals surface area contributed by atoms with Gasteiger partial charge in [0.25, 0.3) is 0 Å². The quantitative estimate of drug-likeness (QED) is 0.447. The number of carbonyl (C=O) groups is 1. The number of hydrogen-bond donors (Lipinski definition) is 1. The van der Waals surface area contributed by atoms with E-state index in [0.29, 0.717) is 0 Å². The Balaban J connectivity index is 3.49. The number of hydrogen-bond acceptors (Lipinski definition) is 1. The number of carboxylic acids is 1. The lowest BCUT2D eigenvalue weighted by Gasteiger charge is -2.11. The van der Waals surface area contributed by atoms with Gasteiger partial charge in [-0.25, -0.2) is 0 Å². The molecule has 0 amide bonds. The van der Waals surface area contributed by atoms with Crippen LogP contribution in [-0.2, 0) is 4.79 Å². The van der Waals surface area contributed by atoms with Crippen LogP contribution >= 0.6 is 0 Å². The fourth-order valence-corrected chi connectivity index (χ4v) is 2.38. The molecule has 0 fully saturated rings. The molecule has 108 valence electrons. The summed E-state index contributed by atoms with van der Waals surface area (Å²) in [6, 6.07) is 0. The molecule has 0 aliphatic heterocycles. The highest BCUT2D eigenvalue weighted by atomic mass is 16.4. The Bertz CT molecular complexity index is 190. The molecular weight excluding hydrogens is 224 g/mol. The van der Waals surface area contributed by atoms with Crippen LogP contribution in [0.15, 0.2) is 0 Å². The summed E-state index contributed by atoms with van der Waals surface area (Å²) in [6.45, 7) is 4.39. The van der Waals surface area contributed by atoms with Crippen LogP contribution in [0.4, 0.5) is 0 Å².